The Morgan fingerprint density at radius 1 is 1.00 bits per heavy atom. The van der Waals surface area contributed by atoms with E-state index in [1.54, 1.807) is 0 Å². The normalized spacial score (nSPS) is 12.3. The van der Waals surface area contributed by atoms with E-state index in [9.17, 15) is 0 Å². The summed E-state index contributed by atoms with van der Waals surface area (Å²) in [4.78, 5) is 0. The predicted octanol–water partition coefficient (Wildman–Crippen LogP) is 0.574. The van der Waals surface area contributed by atoms with Crippen LogP contribution in [-0.4, -0.2) is 21.7 Å². The van der Waals surface area contributed by atoms with Crippen LogP contribution in [0.15, 0.2) is 0 Å². The van der Waals surface area contributed by atoms with E-state index in [2.05, 4.69) is 35.6 Å². The van der Waals surface area contributed by atoms with Gasteiger partial charge in [0.05, 0.1) is 0 Å². The van der Waals surface area contributed by atoms with Gasteiger partial charge in [-0.25, -0.2) is 0 Å². The van der Waals surface area contributed by atoms with E-state index in [1.165, 1.54) is 43.1 Å². The van der Waals surface area contributed by atoms with Crippen LogP contribution in [0, 0.1) is 5.92 Å². The maximum atomic E-state index is 2.30. The molecule has 0 aliphatic carbocycles. The molecule has 12 heavy (non-hydrogen) atoms. The second-order valence-corrected chi connectivity index (χ2v) is 4.15. The molecular formula is C10H21BrMg. The molecule has 0 aromatic rings. The molecule has 0 aromatic carbocycles. The Morgan fingerprint density at radius 2 is 1.67 bits per heavy atom. The van der Waals surface area contributed by atoms with Gasteiger partial charge in [0.25, 0.3) is 0 Å². The summed E-state index contributed by atoms with van der Waals surface area (Å²) in [7, 11) is 0. The molecule has 0 aliphatic heterocycles. The van der Waals surface area contributed by atoms with Gasteiger partial charge in [0.15, 0.2) is 0 Å². The molecule has 0 saturated carbocycles. The maximum absolute atomic E-state index is 2.30. The topological polar surface area (TPSA) is 0 Å². The fourth-order valence-electron chi connectivity index (χ4n) is 1.62. The Balaban J connectivity index is 0. The molecule has 0 radical (unpaired) electrons. The largest absolute Gasteiger partial charge is 1.00 e. The summed E-state index contributed by atoms with van der Waals surface area (Å²) in [5.41, 5.74) is 0. The summed E-state index contributed by atoms with van der Waals surface area (Å²) >= 11 is 2.12. The van der Waals surface area contributed by atoms with Gasteiger partial charge in [-0.15, -0.1) is 0 Å². The molecule has 0 rings (SSSR count). The molecule has 0 fully saturated rings. The van der Waals surface area contributed by atoms with Gasteiger partial charge in [0.2, 0.25) is 0 Å². The molecule has 0 aliphatic rings. The van der Waals surface area contributed by atoms with Crippen molar-refractivity contribution in [3.63, 3.8) is 0 Å². The fourth-order valence-corrected chi connectivity index (χ4v) is 2.20. The van der Waals surface area contributed by atoms with Crippen molar-refractivity contribution >= 4 is 21.7 Å². The molecule has 1 atom stereocenters. The zero-order valence-corrected chi connectivity index (χ0v) is 11.6. The van der Waals surface area contributed by atoms with Crippen LogP contribution in [0.5, 0.6) is 0 Å². The van der Waals surface area contributed by atoms with Crippen LogP contribution in [0.25, 0.3) is 0 Å². The van der Waals surface area contributed by atoms with E-state index >= 15 is 0 Å². The second kappa shape index (κ2) is 12.2. The van der Waals surface area contributed by atoms with E-state index in [0.717, 1.165) is 5.92 Å². The molecule has 0 amide bonds. The average molecular weight is 245 g/mol. The molecule has 1 unspecified atom stereocenters. The van der Waals surface area contributed by atoms with Gasteiger partial charge >= 0.3 is 84.5 Å². The predicted molar refractivity (Wildman–Crippen MR) is 53.1 cm³/mol. The molecule has 2 heteroatoms. The minimum Gasteiger partial charge on any atom is -1.00 e. The second-order valence-electron chi connectivity index (χ2n) is 3.44. The molecular weight excluding hydrogens is 224 g/mol. The third kappa shape index (κ3) is 9.34. The Hall–Kier alpha value is 1.25. The summed E-state index contributed by atoms with van der Waals surface area (Å²) in [5, 5.41) is 0. The number of unbranched alkanes of at least 4 members (excludes halogenated alkanes) is 1. The van der Waals surface area contributed by atoms with Crippen LogP contribution >= 0.6 is 0 Å². The first-order chi connectivity index (χ1) is 5.35. The summed E-state index contributed by atoms with van der Waals surface area (Å²) in [6, 6.07) is 0. The zero-order valence-electron chi connectivity index (χ0n) is 8.61. The third-order valence-corrected chi connectivity index (χ3v) is 2.68. The summed E-state index contributed by atoms with van der Waals surface area (Å²) in [6.07, 6.45) is 8.57. The quantitative estimate of drug-likeness (QED) is 0.576. The van der Waals surface area contributed by atoms with Crippen LogP contribution in [0.4, 0.5) is 0 Å². The first-order valence-electron chi connectivity index (χ1n) is 5.14. The molecule has 0 bridgehead atoms. The third-order valence-electron chi connectivity index (χ3n) is 2.28. The van der Waals surface area contributed by atoms with Gasteiger partial charge in [-0.2, -0.15) is 0 Å². The molecule has 0 heterocycles. The minimum atomic E-state index is 0. The monoisotopic (exact) mass is 244 g/mol. The van der Waals surface area contributed by atoms with Crippen molar-refractivity contribution in [3.8, 4) is 0 Å². The van der Waals surface area contributed by atoms with E-state index in [4.69, 9.17) is 0 Å². The van der Waals surface area contributed by atoms with Crippen LogP contribution in [0.3, 0.4) is 0 Å². The van der Waals surface area contributed by atoms with Gasteiger partial charge in [-0.05, 0) is 0 Å². The summed E-state index contributed by atoms with van der Waals surface area (Å²) in [6.45, 7) is 4.59. The van der Waals surface area contributed by atoms with E-state index in [-0.39, 0.29) is 17.0 Å². The van der Waals surface area contributed by atoms with Crippen LogP contribution in [-0.2, 0) is 0 Å². The Morgan fingerprint density at radius 3 is 2.08 bits per heavy atom. The van der Waals surface area contributed by atoms with Crippen molar-refractivity contribution in [2.45, 2.75) is 56.9 Å². The zero-order chi connectivity index (χ0) is 8.53. The van der Waals surface area contributed by atoms with Crippen LogP contribution < -0.4 is 17.0 Å². The Kier molecular flexibility index (Phi) is 16.0. The maximum Gasteiger partial charge on any atom is -1.00 e. The number of hydrogen-bond donors (Lipinski definition) is 0. The molecule has 70 valence electrons. The molecule has 0 nitrogen and oxygen atoms in total. The first kappa shape index (κ1) is 15.7. The Labute approximate surface area is 101 Å². The number of hydrogen-bond acceptors (Lipinski definition) is 0. The van der Waals surface area contributed by atoms with Gasteiger partial charge in [-0.3, -0.25) is 0 Å². The van der Waals surface area contributed by atoms with Crippen molar-refractivity contribution in [1.29, 1.82) is 0 Å². The van der Waals surface area contributed by atoms with Crippen molar-refractivity contribution in [3.05, 3.63) is 0 Å². The number of rotatable bonds is 7. The van der Waals surface area contributed by atoms with Crippen LogP contribution in [0.1, 0.15) is 52.4 Å². The molecule has 0 spiro atoms. The molecule has 0 saturated heterocycles. The van der Waals surface area contributed by atoms with Crippen molar-refractivity contribution in [2.75, 3.05) is 0 Å². The van der Waals surface area contributed by atoms with Crippen LogP contribution in [0.2, 0.25) is 4.55 Å². The first-order valence-corrected chi connectivity index (χ1v) is 6.14. The van der Waals surface area contributed by atoms with Gasteiger partial charge in [-0.1, -0.05) is 0 Å². The SMILES string of the molecule is CCCCC(CCC)C[CH2][Mg+].[Br-]. The molecule has 0 aromatic heterocycles. The van der Waals surface area contributed by atoms with E-state index in [0.29, 0.717) is 0 Å². The van der Waals surface area contributed by atoms with Gasteiger partial charge in [0, 0.05) is 0 Å². The summed E-state index contributed by atoms with van der Waals surface area (Å²) < 4.78 is 1.40. The van der Waals surface area contributed by atoms with Crippen molar-refractivity contribution in [1.82, 2.24) is 0 Å². The van der Waals surface area contributed by atoms with Gasteiger partial charge in [0.1, 0.15) is 0 Å². The average Bonchev–Trinajstić information content (AvgIpc) is 2.01. The minimum absolute atomic E-state index is 0. The van der Waals surface area contributed by atoms with E-state index in [1.807, 2.05) is 0 Å². The fraction of sp³-hybridized carbons (Fsp3) is 1.00. The standard InChI is InChI=1S/C10H21.BrH.Mg/c1-4-7-9-10(6-3)8-5-2;;/h10H,3-9H2,1-2H3;1H;/q;;+1/p-1. The summed E-state index contributed by atoms with van der Waals surface area (Å²) in [5.74, 6) is 1.04. The van der Waals surface area contributed by atoms with E-state index < -0.39 is 0 Å². The molecule has 0 N–H and O–H groups in total. The smallest absolute Gasteiger partial charge is 1.00 e. The van der Waals surface area contributed by atoms with Crippen molar-refractivity contribution in [2.24, 2.45) is 5.92 Å². The van der Waals surface area contributed by atoms with Crippen molar-refractivity contribution < 1.29 is 17.0 Å². The Bertz CT molecular complexity index is 70.2. The number of halogens is 1. The van der Waals surface area contributed by atoms with Gasteiger partial charge < -0.3 is 17.0 Å².